The first kappa shape index (κ1) is 16.3. The number of amides is 1. The Kier molecular flexibility index (Phi) is 5.82. The number of carbonyl (C=O) groups is 2. The molecule has 0 aromatic heterocycles. The number of benzene rings is 1. The van der Waals surface area contributed by atoms with Crippen molar-refractivity contribution in [1.82, 2.24) is 5.32 Å². The zero-order valence-corrected chi connectivity index (χ0v) is 12.4. The SMILES string of the molecule is COc1cc(Cl)ccc1C(=O)N[C@H](CC(C)C)C(=O)O. The van der Waals surface area contributed by atoms with Gasteiger partial charge in [-0.3, -0.25) is 4.79 Å². The van der Waals surface area contributed by atoms with Gasteiger partial charge in [-0.25, -0.2) is 4.79 Å². The number of methoxy groups -OCH3 is 1. The highest BCUT2D eigenvalue weighted by Gasteiger charge is 2.23. The fourth-order valence-electron chi connectivity index (χ4n) is 1.78. The van der Waals surface area contributed by atoms with E-state index in [-0.39, 0.29) is 11.5 Å². The average molecular weight is 300 g/mol. The molecular formula is C14H18ClNO4. The average Bonchev–Trinajstić information content (AvgIpc) is 2.36. The zero-order valence-electron chi connectivity index (χ0n) is 11.6. The summed E-state index contributed by atoms with van der Waals surface area (Å²) < 4.78 is 5.08. The van der Waals surface area contributed by atoms with Crippen molar-refractivity contribution in [3.8, 4) is 5.75 Å². The van der Waals surface area contributed by atoms with Crippen molar-refractivity contribution >= 4 is 23.5 Å². The standard InChI is InChI=1S/C14H18ClNO4/c1-8(2)6-11(14(18)19)16-13(17)10-5-4-9(15)7-12(10)20-3/h4-5,7-8,11H,6H2,1-3H3,(H,16,17)(H,18,19)/t11-/m1/s1. The number of aliphatic carboxylic acids is 1. The molecule has 0 aliphatic heterocycles. The Morgan fingerprint density at radius 2 is 2.05 bits per heavy atom. The summed E-state index contributed by atoms with van der Waals surface area (Å²) in [6.07, 6.45) is 0.358. The van der Waals surface area contributed by atoms with Crippen LogP contribution in [-0.2, 0) is 4.79 Å². The van der Waals surface area contributed by atoms with Crippen LogP contribution in [0.1, 0.15) is 30.6 Å². The van der Waals surface area contributed by atoms with Gasteiger partial charge >= 0.3 is 5.97 Å². The smallest absolute Gasteiger partial charge is 0.326 e. The molecule has 1 aromatic carbocycles. The predicted octanol–water partition coefficient (Wildman–Crippen LogP) is 2.58. The topological polar surface area (TPSA) is 75.6 Å². The van der Waals surface area contributed by atoms with Crippen molar-refractivity contribution in [2.75, 3.05) is 7.11 Å². The number of halogens is 1. The van der Waals surface area contributed by atoms with E-state index in [1.807, 2.05) is 13.8 Å². The maximum atomic E-state index is 12.1. The van der Waals surface area contributed by atoms with Crippen molar-refractivity contribution in [3.63, 3.8) is 0 Å². The first-order valence-corrected chi connectivity index (χ1v) is 6.60. The van der Waals surface area contributed by atoms with E-state index in [4.69, 9.17) is 21.4 Å². The van der Waals surface area contributed by atoms with Crippen molar-refractivity contribution in [3.05, 3.63) is 28.8 Å². The molecule has 1 aromatic rings. The van der Waals surface area contributed by atoms with Gasteiger partial charge < -0.3 is 15.2 Å². The highest BCUT2D eigenvalue weighted by atomic mass is 35.5. The van der Waals surface area contributed by atoms with Gasteiger partial charge in [0.15, 0.2) is 0 Å². The Morgan fingerprint density at radius 3 is 2.55 bits per heavy atom. The lowest BCUT2D eigenvalue weighted by Crippen LogP contribution is -2.41. The van der Waals surface area contributed by atoms with Crippen molar-refractivity contribution < 1.29 is 19.4 Å². The number of rotatable bonds is 6. The summed E-state index contributed by atoms with van der Waals surface area (Å²) in [5.74, 6) is -1.08. The number of hydrogen-bond donors (Lipinski definition) is 2. The summed E-state index contributed by atoms with van der Waals surface area (Å²) in [5.41, 5.74) is 0.256. The summed E-state index contributed by atoms with van der Waals surface area (Å²) in [6.45, 7) is 3.79. The van der Waals surface area contributed by atoms with Crippen LogP contribution < -0.4 is 10.1 Å². The minimum atomic E-state index is -1.06. The van der Waals surface area contributed by atoms with E-state index in [9.17, 15) is 9.59 Å². The molecule has 0 aliphatic rings. The largest absolute Gasteiger partial charge is 0.496 e. The Labute approximate surface area is 122 Å². The third kappa shape index (κ3) is 4.42. The van der Waals surface area contributed by atoms with Gasteiger partial charge in [0.2, 0.25) is 0 Å². The minimum Gasteiger partial charge on any atom is -0.496 e. The lowest BCUT2D eigenvalue weighted by molar-refractivity contribution is -0.139. The second-order valence-electron chi connectivity index (χ2n) is 4.84. The summed E-state index contributed by atoms with van der Waals surface area (Å²) >= 11 is 5.82. The summed E-state index contributed by atoms with van der Waals surface area (Å²) in [4.78, 5) is 23.3. The lowest BCUT2D eigenvalue weighted by atomic mass is 10.0. The molecule has 0 saturated carbocycles. The van der Waals surface area contributed by atoms with Crippen LogP contribution in [0.15, 0.2) is 18.2 Å². The first-order chi connectivity index (χ1) is 9.35. The molecule has 0 unspecified atom stereocenters. The number of nitrogens with one attached hydrogen (secondary N) is 1. The van der Waals surface area contributed by atoms with Gasteiger partial charge in [-0.05, 0) is 30.5 Å². The van der Waals surface area contributed by atoms with E-state index in [0.29, 0.717) is 17.2 Å². The van der Waals surface area contributed by atoms with Crippen molar-refractivity contribution in [1.29, 1.82) is 0 Å². The van der Waals surface area contributed by atoms with Crippen molar-refractivity contribution in [2.24, 2.45) is 5.92 Å². The third-order valence-electron chi connectivity index (χ3n) is 2.72. The molecule has 0 radical (unpaired) electrons. The van der Waals surface area contributed by atoms with Crippen LogP contribution in [0.25, 0.3) is 0 Å². The van der Waals surface area contributed by atoms with Gasteiger partial charge in [-0.2, -0.15) is 0 Å². The van der Waals surface area contributed by atoms with E-state index in [1.54, 1.807) is 6.07 Å². The Morgan fingerprint density at radius 1 is 1.40 bits per heavy atom. The Bertz CT molecular complexity index is 502. The Hall–Kier alpha value is -1.75. The number of hydrogen-bond acceptors (Lipinski definition) is 3. The van der Waals surface area contributed by atoms with Gasteiger partial charge in [0.1, 0.15) is 11.8 Å². The lowest BCUT2D eigenvalue weighted by Gasteiger charge is -2.17. The number of carbonyl (C=O) groups excluding carboxylic acids is 1. The van der Waals surface area contributed by atoms with E-state index in [1.165, 1.54) is 19.2 Å². The van der Waals surface area contributed by atoms with Crippen molar-refractivity contribution in [2.45, 2.75) is 26.3 Å². The normalized spacial score (nSPS) is 12.1. The number of carboxylic acid groups (broad SMARTS) is 1. The molecule has 2 N–H and O–H groups in total. The molecule has 0 bridgehead atoms. The molecule has 110 valence electrons. The second kappa shape index (κ2) is 7.14. The van der Waals surface area contributed by atoms with E-state index >= 15 is 0 Å². The highest BCUT2D eigenvalue weighted by molar-refractivity contribution is 6.30. The van der Waals surface area contributed by atoms with E-state index < -0.39 is 17.9 Å². The second-order valence-corrected chi connectivity index (χ2v) is 5.27. The fourth-order valence-corrected chi connectivity index (χ4v) is 1.94. The number of carboxylic acids is 1. The third-order valence-corrected chi connectivity index (χ3v) is 2.95. The van der Waals surface area contributed by atoms with Crippen LogP contribution >= 0.6 is 11.6 Å². The molecule has 0 fully saturated rings. The fraction of sp³-hybridized carbons (Fsp3) is 0.429. The Balaban J connectivity index is 2.91. The van der Waals surface area contributed by atoms with Crippen LogP contribution in [0, 0.1) is 5.92 Å². The van der Waals surface area contributed by atoms with E-state index in [2.05, 4.69) is 5.32 Å². The molecule has 6 heteroatoms. The van der Waals surface area contributed by atoms with Crippen LogP contribution in [0.3, 0.4) is 0 Å². The van der Waals surface area contributed by atoms with Crippen LogP contribution in [0.4, 0.5) is 0 Å². The molecular weight excluding hydrogens is 282 g/mol. The minimum absolute atomic E-state index is 0.156. The van der Waals surface area contributed by atoms with Crippen LogP contribution in [0.2, 0.25) is 5.02 Å². The monoisotopic (exact) mass is 299 g/mol. The molecule has 5 nitrogen and oxygen atoms in total. The molecule has 20 heavy (non-hydrogen) atoms. The summed E-state index contributed by atoms with van der Waals surface area (Å²) in [5, 5.41) is 12.1. The molecule has 0 spiro atoms. The van der Waals surface area contributed by atoms with Gasteiger partial charge in [0.25, 0.3) is 5.91 Å². The summed E-state index contributed by atoms with van der Waals surface area (Å²) in [7, 11) is 1.42. The van der Waals surface area contributed by atoms with Gasteiger partial charge in [-0.1, -0.05) is 25.4 Å². The quantitative estimate of drug-likeness (QED) is 0.846. The molecule has 1 amide bonds. The highest BCUT2D eigenvalue weighted by Crippen LogP contribution is 2.23. The van der Waals surface area contributed by atoms with E-state index in [0.717, 1.165) is 0 Å². The maximum Gasteiger partial charge on any atom is 0.326 e. The first-order valence-electron chi connectivity index (χ1n) is 6.22. The summed E-state index contributed by atoms with van der Waals surface area (Å²) in [6, 6.07) is 3.64. The molecule has 0 saturated heterocycles. The van der Waals surface area contributed by atoms with Crippen LogP contribution in [-0.4, -0.2) is 30.1 Å². The maximum absolute atomic E-state index is 12.1. The zero-order chi connectivity index (χ0) is 15.3. The van der Waals surface area contributed by atoms with Gasteiger partial charge in [-0.15, -0.1) is 0 Å². The molecule has 0 aliphatic carbocycles. The molecule has 0 heterocycles. The van der Waals surface area contributed by atoms with Gasteiger partial charge in [0, 0.05) is 5.02 Å². The molecule has 1 atom stereocenters. The number of ether oxygens (including phenoxy) is 1. The predicted molar refractivity (Wildman–Crippen MR) is 76.3 cm³/mol. The van der Waals surface area contributed by atoms with Crippen LogP contribution in [0.5, 0.6) is 5.75 Å². The van der Waals surface area contributed by atoms with Gasteiger partial charge in [0.05, 0.1) is 12.7 Å². The molecule has 1 rings (SSSR count).